The van der Waals surface area contributed by atoms with E-state index in [2.05, 4.69) is 9.97 Å². The van der Waals surface area contributed by atoms with Crippen LogP contribution in [-0.4, -0.2) is 21.0 Å². The van der Waals surface area contributed by atoms with Crippen molar-refractivity contribution in [1.29, 1.82) is 0 Å². The fourth-order valence-corrected chi connectivity index (χ4v) is 0.477. The highest BCUT2D eigenvalue weighted by molar-refractivity contribution is 5.66. The molecule has 1 aromatic heterocycles. The molecule has 0 aliphatic rings. The van der Waals surface area contributed by atoms with Gasteiger partial charge in [-0.3, -0.25) is 14.6 Å². The summed E-state index contributed by atoms with van der Waals surface area (Å²) >= 11 is 0. The molecule has 0 spiro atoms. The van der Waals surface area contributed by atoms with Crippen molar-refractivity contribution in [3.05, 3.63) is 32.6 Å². The number of carboxylic acids is 1. The van der Waals surface area contributed by atoms with Gasteiger partial charge in [-0.1, -0.05) is 6.92 Å². The minimum Gasteiger partial charge on any atom is -0.481 e. The summed E-state index contributed by atoms with van der Waals surface area (Å²) < 4.78 is 0. The first kappa shape index (κ1) is 12.2. The van der Waals surface area contributed by atoms with Crippen LogP contribution in [0.25, 0.3) is 0 Å². The number of nitrogens with one attached hydrogen (secondary N) is 2. The SMILES string of the molecule is CCC(=O)O.Cc1c[nH]c(=O)[nH]c1=O. The molecule has 0 saturated heterocycles. The van der Waals surface area contributed by atoms with Crippen LogP contribution in [0.15, 0.2) is 15.8 Å². The zero-order chi connectivity index (χ0) is 11.1. The smallest absolute Gasteiger partial charge is 0.325 e. The van der Waals surface area contributed by atoms with E-state index in [0.29, 0.717) is 5.56 Å². The molecule has 0 unspecified atom stereocenters. The average Bonchev–Trinajstić information content (AvgIpc) is 2.13. The minimum atomic E-state index is -0.745. The van der Waals surface area contributed by atoms with Gasteiger partial charge in [-0.2, -0.15) is 0 Å². The van der Waals surface area contributed by atoms with Crippen LogP contribution in [0, 0.1) is 6.92 Å². The second-order valence-electron chi connectivity index (χ2n) is 2.50. The molecule has 6 nitrogen and oxygen atoms in total. The predicted molar refractivity (Wildman–Crippen MR) is 50.3 cm³/mol. The van der Waals surface area contributed by atoms with Crippen LogP contribution < -0.4 is 11.2 Å². The highest BCUT2D eigenvalue weighted by Gasteiger charge is 1.88. The molecule has 0 aromatic carbocycles. The lowest BCUT2D eigenvalue weighted by Crippen LogP contribution is -2.22. The van der Waals surface area contributed by atoms with Crippen molar-refractivity contribution < 1.29 is 9.90 Å². The number of rotatable bonds is 1. The summed E-state index contributed by atoms with van der Waals surface area (Å²) in [5.74, 6) is -0.745. The van der Waals surface area contributed by atoms with Gasteiger partial charge in [0.05, 0.1) is 0 Å². The molecule has 1 heterocycles. The molecule has 3 N–H and O–H groups in total. The van der Waals surface area contributed by atoms with Crippen molar-refractivity contribution in [3.63, 3.8) is 0 Å². The first-order chi connectivity index (χ1) is 6.47. The topological polar surface area (TPSA) is 103 Å². The van der Waals surface area contributed by atoms with Crippen molar-refractivity contribution in [2.24, 2.45) is 0 Å². The summed E-state index contributed by atoms with van der Waals surface area (Å²) in [6, 6.07) is 0. The van der Waals surface area contributed by atoms with Gasteiger partial charge in [0.2, 0.25) is 0 Å². The van der Waals surface area contributed by atoms with Crippen LogP contribution in [0.1, 0.15) is 18.9 Å². The fraction of sp³-hybridized carbons (Fsp3) is 0.375. The summed E-state index contributed by atoms with van der Waals surface area (Å²) in [6.07, 6.45) is 1.60. The number of aromatic nitrogens is 2. The Morgan fingerprint density at radius 1 is 1.50 bits per heavy atom. The predicted octanol–water partition coefficient (Wildman–Crippen LogP) is -0.147. The second kappa shape index (κ2) is 5.74. The number of carboxylic acid groups (broad SMARTS) is 1. The summed E-state index contributed by atoms with van der Waals surface area (Å²) in [6.45, 7) is 3.22. The van der Waals surface area contributed by atoms with Gasteiger partial charge < -0.3 is 10.1 Å². The van der Waals surface area contributed by atoms with Crippen molar-refractivity contribution >= 4 is 5.97 Å². The van der Waals surface area contributed by atoms with Gasteiger partial charge >= 0.3 is 11.7 Å². The standard InChI is InChI=1S/C5H6N2O2.C3H6O2/c1-3-2-6-5(9)7-4(3)8;1-2-3(4)5/h2H,1H3,(H2,6,7,8,9);2H2,1H3,(H,4,5). The zero-order valence-corrected chi connectivity index (χ0v) is 7.96. The Morgan fingerprint density at radius 3 is 2.29 bits per heavy atom. The zero-order valence-electron chi connectivity index (χ0n) is 7.96. The molecule has 0 radical (unpaired) electrons. The molecule has 1 aromatic rings. The molecule has 0 saturated carbocycles. The van der Waals surface area contributed by atoms with Crippen LogP contribution >= 0.6 is 0 Å². The number of aromatic amines is 2. The molecule has 0 bridgehead atoms. The molecule has 0 amide bonds. The lowest BCUT2D eigenvalue weighted by atomic mass is 10.4. The molecule has 78 valence electrons. The highest BCUT2D eigenvalue weighted by Crippen LogP contribution is 1.73. The van der Waals surface area contributed by atoms with Crippen LogP contribution in [0.3, 0.4) is 0 Å². The summed E-state index contributed by atoms with van der Waals surface area (Å²) in [5, 5.41) is 7.72. The third-order valence-corrected chi connectivity index (χ3v) is 1.31. The Kier molecular flexibility index (Phi) is 4.98. The van der Waals surface area contributed by atoms with Crippen LogP contribution in [0.4, 0.5) is 0 Å². The van der Waals surface area contributed by atoms with E-state index in [-0.39, 0.29) is 12.0 Å². The van der Waals surface area contributed by atoms with E-state index in [1.54, 1.807) is 13.8 Å². The fourth-order valence-electron chi connectivity index (χ4n) is 0.477. The quantitative estimate of drug-likeness (QED) is 0.586. The number of H-pyrrole nitrogens is 2. The van der Waals surface area contributed by atoms with Gasteiger partial charge in [-0.25, -0.2) is 4.79 Å². The lowest BCUT2D eigenvalue weighted by molar-refractivity contribution is -0.136. The van der Waals surface area contributed by atoms with Gasteiger partial charge in [0.1, 0.15) is 0 Å². The Hall–Kier alpha value is -1.85. The first-order valence-electron chi connectivity index (χ1n) is 3.97. The van der Waals surface area contributed by atoms with Crippen molar-refractivity contribution in [1.82, 2.24) is 9.97 Å². The number of carbonyl (C=O) groups is 1. The molecule has 0 atom stereocenters. The van der Waals surface area contributed by atoms with Gasteiger partial charge in [0.25, 0.3) is 5.56 Å². The Balaban J connectivity index is 0.000000292. The molecule has 0 aliphatic heterocycles. The normalized spacial score (nSPS) is 8.71. The molecule has 14 heavy (non-hydrogen) atoms. The van der Waals surface area contributed by atoms with Crippen LogP contribution in [0.2, 0.25) is 0 Å². The van der Waals surface area contributed by atoms with Gasteiger partial charge in [-0.05, 0) is 6.92 Å². The van der Waals surface area contributed by atoms with Gasteiger partial charge in [0.15, 0.2) is 0 Å². The molecular weight excluding hydrogens is 188 g/mol. The van der Waals surface area contributed by atoms with E-state index in [0.717, 1.165) is 0 Å². The number of hydrogen-bond donors (Lipinski definition) is 3. The maximum Gasteiger partial charge on any atom is 0.325 e. The van der Waals surface area contributed by atoms with Gasteiger partial charge in [-0.15, -0.1) is 0 Å². The van der Waals surface area contributed by atoms with E-state index in [4.69, 9.17) is 5.11 Å². The number of aryl methyl sites for hydroxylation is 1. The molecule has 0 aliphatic carbocycles. The Morgan fingerprint density at radius 2 is 2.00 bits per heavy atom. The Bertz CT molecular complexity index is 404. The molecule has 1 rings (SSSR count). The average molecular weight is 200 g/mol. The largest absolute Gasteiger partial charge is 0.481 e. The maximum atomic E-state index is 10.6. The third kappa shape index (κ3) is 4.91. The molecular formula is C8H12N2O4. The van der Waals surface area contributed by atoms with E-state index in [9.17, 15) is 14.4 Å². The summed E-state index contributed by atoms with van der Waals surface area (Å²) in [4.78, 5) is 34.7. The van der Waals surface area contributed by atoms with E-state index in [1.165, 1.54) is 6.20 Å². The van der Waals surface area contributed by atoms with Crippen molar-refractivity contribution in [2.75, 3.05) is 0 Å². The summed E-state index contributed by atoms with van der Waals surface area (Å²) in [5.41, 5.74) is -0.293. The number of hydrogen-bond acceptors (Lipinski definition) is 3. The summed E-state index contributed by atoms with van der Waals surface area (Å²) in [7, 11) is 0. The maximum absolute atomic E-state index is 10.6. The third-order valence-electron chi connectivity index (χ3n) is 1.31. The lowest BCUT2D eigenvalue weighted by Gasteiger charge is -1.84. The monoisotopic (exact) mass is 200 g/mol. The van der Waals surface area contributed by atoms with Crippen LogP contribution in [0.5, 0.6) is 0 Å². The van der Waals surface area contributed by atoms with E-state index >= 15 is 0 Å². The molecule has 6 heteroatoms. The second-order valence-corrected chi connectivity index (χ2v) is 2.50. The van der Waals surface area contributed by atoms with Crippen molar-refractivity contribution in [2.45, 2.75) is 20.3 Å². The van der Waals surface area contributed by atoms with E-state index < -0.39 is 11.7 Å². The van der Waals surface area contributed by atoms with Gasteiger partial charge in [0, 0.05) is 18.2 Å². The van der Waals surface area contributed by atoms with Crippen molar-refractivity contribution in [3.8, 4) is 0 Å². The number of aliphatic carboxylic acids is 1. The minimum absolute atomic E-state index is 0.222. The first-order valence-corrected chi connectivity index (χ1v) is 3.97. The Labute approximate surface area is 79.6 Å². The van der Waals surface area contributed by atoms with E-state index in [1.807, 2.05) is 0 Å². The molecule has 0 fully saturated rings. The highest BCUT2D eigenvalue weighted by atomic mass is 16.4. The van der Waals surface area contributed by atoms with Crippen LogP contribution in [-0.2, 0) is 4.79 Å².